The molecule has 2 aromatic rings. The molecule has 230 valence electrons. The van der Waals surface area contributed by atoms with Gasteiger partial charge in [-0.2, -0.15) is 0 Å². The molecule has 1 aliphatic heterocycles. The Morgan fingerprint density at radius 1 is 1.12 bits per heavy atom. The van der Waals surface area contributed by atoms with Crippen molar-refractivity contribution in [1.29, 1.82) is 0 Å². The molecule has 1 heterocycles. The Labute approximate surface area is 245 Å². The van der Waals surface area contributed by atoms with E-state index in [9.17, 15) is 14.7 Å². The number of aliphatic hydroxyl groups is 1. The first kappa shape index (κ1) is 31.8. The number of benzene rings is 2. The molecule has 10 heteroatoms. The van der Waals surface area contributed by atoms with Gasteiger partial charge in [-0.1, -0.05) is 18.2 Å². The smallest absolute Gasteiger partial charge is 0.404 e. The summed E-state index contributed by atoms with van der Waals surface area (Å²) in [5.41, 5.74) is 2.56. The topological polar surface area (TPSA) is 105 Å². The zero-order chi connectivity index (χ0) is 30.4. The first-order valence-corrected chi connectivity index (χ1v) is 14.9. The lowest BCUT2D eigenvalue weighted by molar-refractivity contribution is -0.142. The number of carbonyl (C=O) groups excluding carboxylic acids is 2. The summed E-state index contributed by atoms with van der Waals surface area (Å²) in [5.74, 6) is -2.65. The largest absolute Gasteiger partial charge is 0.450 e. The summed E-state index contributed by atoms with van der Waals surface area (Å²) in [5, 5.41) is 15.7. The molecule has 1 saturated carbocycles. The Bertz CT molecular complexity index is 1270. The SMILES string of the molecule is CNC[C@H]1CC[C@H](C(=O)N2CCC[C@@H]([C@@](O)(CCCOC(N)=O)c3cc(F)c(C)c(F)c3-c3ccccc3F)C2)CC1. The van der Waals surface area contributed by atoms with Crippen LogP contribution in [0.2, 0.25) is 0 Å². The van der Waals surface area contributed by atoms with E-state index < -0.39 is 35.1 Å². The van der Waals surface area contributed by atoms with Crippen LogP contribution in [0.5, 0.6) is 0 Å². The maximum Gasteiger partial charge on any atom is 0.404 e. The third-order valence-corrected chi connectivity index (χ3v) is 9.10. The molecule has 4 N–H and O–H groups in total. The van der Waals surface area contributed by atoms with Gasteiger partial charge < -0.3 is 25.8 Å². The summed E-state index contributed by atoms with van der Waals surface area (Å²) in [7, 11) is 1.93. The van der Waals surface area contributed by atoms with Gasteiger partial charge in [-0.15, -0.1) is 0 Å². The molecular formula is C32H42F3N3O4. The number of amides is 2. The highest BCUT2D eigenvalue weighted by Crippen LogP contribution is 2.46. The molecule has 1 saturated heterocycles. The highest BCUT2D eigenvalue weighted by molar-refractivity contribution is 5.79. The van der Waals surface area contributed by atoms with Crippen LogP contribution in [0.3, 0.4) is 0 Å². The second-order valence-electron chi connectivity index (χ2n) is 11.8. The first-order valence-electron chi connectivity index (χ1n) is 14.9. The molecule has 4 rings (SSSR count). The number of nitrogens with zero attached hydrogens (tertiary/aromatic N) is 1. The van der Waals surface area contributed by atoms with Gasteiger partial charge in [0, 0.05) is 41.6 Å². The minimum absolute atomic E-state index is 0.0395. The van der Waals surface area contributed by atoms with E-state index in [1.807, 2.05) is 7.05 Å². The third kappa shape index (κ3) is 6.92. The Balaban J connectivity index is 1.70. The van der Waals surface area contributed by atoms with Crippen molar-refractivity contribution in [2.45, 2.75) is 63.9 Å². The van der Waals surface area contributed by atoms with E-state index in [-0.39, 0.29) is 60.1 Å². The second-order valence-corrected chi connectivity index (χ2v) is 11.8. The van der Waals surface area contributed by atoms with E-state index in [0.717, 1.165) is 38.3 Å². The summed E-state index contributed by atoms with van der Waals surface area (Å²) in [6, 6.07) is 6.68. The number of rotatable bonds is 10. The van der Waals surface area contributed by atoms with Crippen molar-refractivity contribution in [3.8, 4) is 11.1 Å². The van der Waals surface area contributed by atoms with Gasteiger partial charge in [0.2, 0.25) is 5.91 Å². The fourth-order valence-electron chi connectivity index (χ4n) is 6.79. The number of carbonyl (C=O) groups is 2. The van der Waals surface area contributed by atoms with Crippen LogP contribution in [0, 0.1) is 42.1 Å². The Morgan fingerprint density at radius 2 is 1.83 bits per heavy atom. The molecular weight excluding hydrogens is 547 g/mol. The van der Waals surface area contributed by atoms with Crippen LogP contribution in [-0.4, -0.2) is 55.3 Å². The van der Waals surface area contributed by atoms with Crippen LogP contribution in [0.4, 0.5) is 18.0 Å². The van der Waals surface area contributed by atoms with Crippen molar-refractivity contribution >= 4 is 12.0 Å². The van der Waals surface area contributed by atoms with Crippen LogP contribution in [0.25, 0.3) is 11.1 Å². The lowest BCUT2D eigenvalue weighted by atomic mass is 9.71. The third-order valence-electron chi connectivity index (χ3n) is 9.10. The predicted molar refractivity (Wildman–Crippen MR) is 154 cm³/mol. The molecule has 0 radical (unpaired) electrons. The normalized spacial score (nSPS) is 22.4. The minimum Gasteiger partial charge on any atom is -0.450 e. The van der Waals surface area contributed by atoms with Crippen LogP contribution in [-0.2, 0) is 15.1 Å². The van der Waals surface area contributed by atoms with Gasteiger partial charge in [0.25, 0.3) is 0 Å². The molecule has 42 heavy (non-hydrogen) atoms. The van der Waals surface area contributed by atoms with Crippen LogP contribution in [0.1, 0.15) is 62.5 Å². The van der Waals surface area contributed by atoms with Crippen molar-refractivity contribution in [2.75, 3.05) is 33.3 Å². The maximum absolute atomic E-state index is 15.8. The Morgan fingerprint density at radius 3 is 2.50 bits per heavy atom. The average Bonchev–Trinajstić information content (AvgIpc) is 2.98. The molecule has 2 aromatic carbocycles. The Hall–Kier alpha value is -3.11. The molecule has 0 aromatic heterocycles. The van der Waals surface area contributed by atoms with Crippen molar-refractivity contribution in [3.63, 3.8) is 0 Å². The van der Waals surface area contributed by atoms with E-state index in [1.54, 1.807) is 11.0 Å². The van der Waals surface area contributed by atoms with Gasteiger partial charge >= 0.3 is 6.09 Å². The number of nitrogens with one attached hydrogen (secondary N) is 1. The summed E-state index contributed by atoms with van der Waals surface area (Å²) < 4.78 is 51.0. The summed E-state index contributed by atoms with van der Waals surface area (Å²) in [6.45, 7) is 2.80. The van der Waals surface area contributed by atoms with E-state index in [2.05, 4.69) is 5.32 Å². The number of hydrogen-bond donors (Lipinski definition) is 3. The van der Waals surface area contributed by atoms with Gasteiger partial charge in [-0.05, 0) is 95.5 Å². The summed E-state index contributed by atoms with van der Waals surface area (Å²) >= 11 is 0. The highest BCUT2D eigenvalue weighted by atomic mass is 19.1. The second kappa shape index (κ2) is 13.9. The first-order chi connectivity index (χ1) is 20.1. The molecule has 7 nitrogen and oxygen atoms in total. The molecule has 1 aliphatic carbocycles. The number of primary amides is 1. The van der Waals surface area contributed by atoms with E-state index in [1.165, 1.54) is 25.1 Å². The fraction of sp³-hybridized carbons (Fsp3) is 0.562. The van der Waals surface area contributed by atoms with Crippen LogP contribution in [0.15, 0.2) is 30.3 Å². The lowest BCUT2D eigenvalue weighted by Gasteiger charge is -2.44. The van der Waals surface area contributed by atoms with Gasteiger partial charge in [-0.3, -0.25) is 4.79 Å². The fourth-order valence-corrected chi connectivity index (χ4v) is 6.79. The Kier molecular flexibility index (Phi) is 10.5. The zero-order valence-corrected chi connectivity index (χ0v) is 24.4. The molecule has 0 bridgehead atoms. The van der Waals surface area contributed by atoms with Gasteiger partial charge in [-0.25, -0.2) is 18.0 Å². The molecule has 0 unspecified atom stereocenters. The number of nitrogens with two attached hydrogens (primary N) is 1. The molecule has 2 fully saturated rings. The number of likely N-dealkylation sites (tertiary alicyclic amines) is 1. The van der Waals surface area contributed by atoms with Crippen molar-refractivity contribution in [1.82, 2.24) is 10.2 Å². The van der Waals surface area contributed by atoms with Gasteiger partial charge in [0.15, 0.2) is 0 Å². The van der Waals surface area contributed by atoms with Crippen molar-refractivity contribution < 1.29 is 32.6 Å². The van der Waals surface area contributed by atoms with Crippen molar-refractivity contribution in [2.24, 2.45) is 23.5 Å². The van der Waals surface area contributed by atoms with Gasteiger partial charge in [0.1, 0.15) is 17.5 Å². The summed E-state index contributed by atoms with van der Waals surface area (Å²) in [6.07, 6.45) is 3.71. The van der Waals surface area contributed by atoms with E-state index >= 15 is 13.2 Å². The van der Waals surface area contributed by atoms with E-state index in [0.29, 0.717) is 25.3 Å². The van der Waals surface area contributed by atoms with Crippen LogP contribution < -0.4 is 11.1 Å². The monoisotopic (exact) mass is 589 g/mol. The molecule has 2 aliphatic rings. The number of halogens is 3. The standard InChI is InChI=1S/C32H42F3N3O4/c1-20-27(34)17-25(28(29(20)35)24-8-3-4-9-26(24)33)32(41,14-6-16-42-31(36)40)23-7-5-15-38(19-23)30(39)22-12-10-21(11-13-22)18-37-2/h3-4,8-9,17,21-23,37,41H,5-7,10-16,18-19H2,1-2H3,(H2,36,40)/t21-,22-,23-,32+/m1/s1. The van der Waals surface area contributed by atoms with Crippen LogP contribution >= 0.6 is 0 Å². The number of piperidine rings is 1. The molecule has 0 spiro atoms. The quantitative estimate of drug-likeness (QED) is 0.322. The summed E-state index contributed by atoms with van der Waals surface area (Å²) in [4.78, 5) is 26.6. The van der Waals surface area contributed by atoms with Crippen molar-refractivity contribution in [3.05, 3.63) is 58.9 Å². The number of hydrogen-bond acceptors (Lipinski definition) is 5. The predicted octanol–water partition coefficient (Wildman–Crippen LogP) is 5.41. The van der Waals surface area contributed by atoms with Gasteiger partial charge in [0.05, 0.1) is 12.2 Å². The average molecular weight is 590 g/mol. The number of ether oxygens (including phenoxy) is 1. The maximum atomic E-state index is 15.8. The minimum atomic E-state index is -1.86. The van der Waals surface area contributed by atoms with E-state index in [4.69, 9.17) is 10.5 Å². The molecule has 2 amide bonds. The zero-order valence-electron chi connectivity index (χ0n) is 24.4. The molecule has 2 atom stereocenters. The lowest BCUT2D eigenvalue weighted by Crippen LogP contribution is -2.50. The highest BCUT2D eigenvalue weighted by Gasteiger charge is 2.45.